The predicted octanol–water partition coefficient (Wildman–Crippen LogP) is 2.66. The maximum Gasteiger partial charge on any atom is 0.241 e. The summed E-state index contributed by atoms with van der Waals surface area (Å²) in [7, 11) is -2.47. The molecule has 2 aromatic carbocycles. The summed E-state index contributed by atoms with van der Waals surface area (Å²) in [6.07, 6.45) is 2.17. The van der Waals surface area contributed by atoms with Gasteiger partial charge in [0.1, 0.15) is 25.1 Å². The molecule has 0 unspecified atom stereocenters. The molecule has 2 aromatic rings. The first-order valence-corrected chi connectivity index (χ1v) is 12.6. The van der Waals surface area contributed by atoms with Crippen molar-refractivity contribution in [3.8, 4) is 11.5 Å². The Kier molecular flexibility index (Phi) is 7.79. The molecule has 1 N–H and O–H groups in total. The lowest BCUT2D eigenvalue weighted by Crippen LogP contribution is -2.47. The molecule has 3 rings (SSSR count). The SMILES string of the molecule is CSCC[C@@H](NS(=O)(=O)c1ccc2c(c1)OCCO2)C(=O)N(C)Cc1ccccc1F. The molecule has 0 fully saturated rings. The molecule has 1 aliphatic rings. The minimum Gasteiger partial charge on any atom is -0.486 e. The van der Waals surface area contributed by atoms with Gasteiger partial charge < -0.3 is 14.4 Å². The molecule has 0 aromatic heterocycles. The molecule has 0 saturated heterocycles. The number of hydrogen-bond donors (Lipinski definition) is 1. The molecule has 168 valence electrons. The number of benzene rings is 2. The monoisotopic (exact) mass is 468 g/mol. The van der Waals surface area contributed by atoms with Crippen LogP contribution in [0.2, 0.25) is 0 Å². The molecule has 0 radical (unpaired) electrons. The first-order valence-electron chi connectivity index (χ1n) is 9.71. The van der Waals surface area contributed by atoms with Crippen LogP contribution in [0.5, 0.6) is 11.5 Å². The van der Waals surface area contributed by atoms with E-state index < -0.39 is 27.8 Å². The molecular weight excluding hydrogens is 443 g/mol. The lowest BCUT2D eigenvalue weighted by Gasteiger charge is -2.25. The summed E-state index contributed by atoms with van der Waals surface area (Å²) in [6.45, 7) is 0.767. The molecule has 7 nitrogen and oxygen atoms in total. The van der Waals surface area contributed by atoms with Gasteiger partial charge in [0.05, 0.1) is 4.90 Å². The number of carbonyl (C=O) groups excluding carboxylic acids is 1. The van der Waals surface area contributed by atoms with E-state index in [0.717, 1.165) is 0 Å². The van der Waals surface area contributed by atoms with E-state index in [9.17, 15) is 17.6 Å². The zero-order valence-electron chi connectivity index (χ0n) is 17.3. The van der Waals surface area contributed by atoms with E-state index in [-0.39, 0.29) is 11.4 Å². The van der Waals surface area contributed by atoms with Gasteiger partial charge >= 0.3 is 0 Å². The van der Waals surface area contributed by atoms with E-state index in [1.807, 2.05) is 6.26 Å². The number of halogens is 1. The van der Waals surface area contributed by atoms with Crippen molar-refractivity contribution in [1.82, 2.24) is 9.62 Å². The van der Waals surface area contributed by atoms with Gasteiger partial charge in [-0.3, -0.25) is 4.79 Å². The summed E-state index contributed by atoms with van der Waals surface area (Å²) in [4.78, 5) is 14.3. The number of rotatable bonds is 9. The molecule has 0 saturated carbocycles. The van der Waals surface area contributed by atoms with Crippen molar-refractivity contribution in [2.75, 3.05) is 32.3 Å². The number of thioether (sulfide) groups is 1. The second-order valence-electron chi connectivity index (χ2n) is 7.05. The van der Waals surface area contributed by atoms with Crippen molar-refractivity contribution in [2.24, 2.45) is 0 Å². The fourth-order valence-corrected chi connectivity index (χ4v) is 4.85. The molecule has 1 amide bonds. The quantitative estimate of drug-likeness (QED) is 0.609. The van der Waals surface area contributed by atoms with Crippen LogP contribution in [0.4, 0.5) is 4.39 Å². The molecule has 1 heterocycles. The van der Waals surface area contributed by atoms with E-state index in [1.165, 1.54) is 48.0 Å². The van der Waals surface area contributed by atoms with E-state index >= 15 is 0 Å². The van der Waals surface area contributed by atoms with E-state index in [1.54, 1.807) is 18.2 Å². The Bertz CT molecular complexity index is 1030. The highest BCUT2D eigenvalue weighted by Crippen LogP contribution is 2.32. The van der Waals surface area contributed by atoms with Crippen LogP contribution in [0, 0.1) is 5.82 Å². The molecule has 0 aliphatic carbocycles. The number of likely N-dealkylation sites (N-methyl/N-ethyl adjacent to an activating group) is 1. The normalized spacial score (nSPS) is 14.2. The van der Waals surface area contributed by atoms with Gasteiger partial charge in [0, 0.05) is 25.2 Å². The molecule has 0 bridgehead atoms. The van der Waals surface area contributed by atoms with Crippen molar-refractivity contribution in [3.05, 3.63) is 53.8 Å². The van der Waals surface area contributed by atoms with Crippen molar-refractivity contribution >= 4 is 27.7 Å². The minimum absolute atomic E-state index is 0.0181. The number of fused-ring (bicyclic) bond motifs is 1. The lowest BCUT2D eigenvalue weighted by molar-refractivity contribution is -0.132. The summed E-state index contributed by atoms with van der Waals surface area (Å²) in [6, 6.07) is 9.52. The third kappa shape index (κ3) is 5.90. The van der Waals surface area contributed by atoms with Gasteiger partial charge in [-0.2, -0.15) is 16.5 Å². The van der Waals surface area contributed by atoms with Crippen molar-refractivity contribution in [3.63, 3.8) is 0 Å². The first kappa shape index (κ1) is 23.4. The number of carbonyl (C=O) groups is 1. The predicted molar refractivity (Wildman–Crippen MR) is 117 cm³/mol. The average molecular weight is 469 g/mol. The van der Waals surface area contributed by atoms with Crippen LogP contribution in [-0.2, 0) is 21.4 Å². The smallest absolute Gasteiger partial charge is 0.241 e. The van der Waals surface area contributed by atoms with Crippen LogP contribution in [-0.4, -0.2) is 57.5 Å². The highest BCUT2D eigenvalue weighted by molar-refractivity contribution is 7.98. The standard InChI is InChI=1S/C21H25FN2O5S2/c1-24(14-15-5-3-4-6-17(15)22)21(25)18(9-12-30-2)23-31(26,27)16-7-8-19-20(13-16)29-11-10-28-19/h3-8,13,18,23H,9-12,14H2,1-2H3/t18-/m1/s1. The Labute approximate surface area is 186 Å². The lowest BCUT2D eigenvalue weighted by atomic mass is 10.1. The van der Waals surface area contributed by atoms with E-state index in [0.29, 0.717) is 42.4 Å². The molecule has 10 heteroatoms. The fraction of sp³-hybridized carbons (Fsp3) is 0.381. The maximum atomic E-state index is 14.0. The highest BCUT2D eigenvalue weighted by atomic mass is 32.2. The Balaban J connectivity index is 1.78. The zero-order valence-corrected chi connectivity index (χ0v) is 19.0. The fourth-order valence-electron chi connectivity index (χ4n) is 3.14. The zero-order chi connectivity index (χ0) is 22.4. The van der Waals surface area contributed by atoms with Gasteiger partial charge in [0.2, 0.25) is 15.9 Å². The molecule has 1 atom stereocenters. The summed E-state index contributed by atoms with van der Waals surface area (Å²) in [5.41, 5.74) is 0.358. The summed E-state index contributed by atoms with van der Waals surface area (Å²) < 4.78 is 53.3. The van der Waals surface area contributed by atoms with E-state index in [2.05, 4.69) is 4.72 Å². The second-order valence-corrected chi connectivity index (χ2v) is 9.75. The van der Waals surface area contributed by atoms with Crippen LogP contribution in [0.1, 0.15) is 12.0 Å². The number of hydrogen-bond acceptors (Lipinski definition) is 6. The van der Waals surface area contributed by atoms with Crippen LogP contribution >= 0.6 is 11.8 Å². The van der Waals surface area contributed by atoms with Gasteiger partial charge in [0.25, 0.3) is 0 Å². The van der Waals surface area contributed by atoms with Gasteiger partial charge in [-0.1, -0.05) is 18.2 Å². The summed E-state index contributed by atoms with van der Waals surface area (Å²) in [5.74, 6) is 0.550. The summed E-state index contributed by atoms with van der Waals surface area (Å²) in [5, 5.41) is 0. The Hall–Kier alpha value is -2.30. The topological polar surface area (TPSA) is 84.9 Å². The van der Waals surface area contributed by atoms with Crippen LogP contribution < -0.4 is 14.2 Å². The number of ether oxygens (including phenoxy) is 2. The third-order valence-corrected chi connectivity index (χ3v) is 6.88. The van der Waals surface area contributed by atoms with Crippen molar-refractivity contribution in [1.29, 1.82) is 0 Å². The largest absolute Gasteiger partial charge is 0.486 e. The molecule has 1 aliphatic heterocycles. The van der Waals surface area contributed by atoms with Crippen LogP contribution in [0.25, 0.3) is 0 Å². The first-order chi connectivity index (χ1) is 14.8. The van der Waals surface area contributed by atoms with Gasteiger partial charge in [-0.05, 0) is 36.6 Å². The van der Waals surface area contributed by atoms with Gasteiger partial charge in [-0.15, -0.1) is 0 Å². The van der Waals surface area contributed by atoms with Crippen molar-refractivity contribution < 1.29 is 27.1 Å². The number of nitrogens with zero attached hydrogens (tertiary/aromatic N) is 1. The number of amides is 1. The van der Waals surface area contributed by atoms with Crippen molar-refractivity contribution in [2.45, 2.75) is 23.9 Å². The Morgan fingerprint density at radius 2 is 1.90 bits per heavy atom. The average Bonchev–Trinajstić information content (AvgIpc) is 2.77. The highest BCUT2D eigenvalue weighted by Gasteiger charge is 2.29. The summed E-state index contributed by atoms with van der Waals surface area (Å²) >= 11 is 1.50. The number of nitrogens with one attached hydrogen (secondary N) is 1. The molecular formula is C21H25FN2O5S2. The molecule has 31 heavy (non-hydrogen) atoms. The van der Waals surface area contributed by atoms with Crippen LogP contribution in [0.15, 0.2) is 47.4 Å². The van der Waals surface area contributed by atoms with E-state index in [4.69, 9.17) is 9.47 Å². The number of sulfonamides is 1. The second kappa shape index (κ2) is 10.3. The van der Waals surface area contributed by atoms with Gasteiger partial charge in [0.15, 0.2) is 11.5 Å². The Morgan fingerprint density at radius 1 is 1.19 bits per heavy atom. The maximum absolute atomic E-state index is 14.0. The Morgan fingerprint density at radius 3 is 2.61 bits per heavy atom. The molecule has 0 spiro atoms. The third-order valence-electron chi connectivity index (χ3n) is 4.77. The van der Waals surface area contributed by atoms with Gasteiger partial charge in [-0.25, -0.2) is 12.8 Å². The van der Waals surface area contributed by atoms with Crippen LogP contribution in [0.3, 0.4) is 0 Å². The minimum atomic E-state index is -4.00.